The van der Waals surface area contributed by atoms with Crippen LogP contribution in [0.1, 0.15) is 31.4 Å². The lowest BCUT2D eigenvalue weighted by molar-refractivity contribution is -0.134. The Morgan fingerprint density at radius 3 is 2.15 bits per heavy atom. The van der Waals surface area contributed by atoms with Gasteiger partial charge in [0.05, 0.1) is 0 Å². The van der Waals surface area contributed by atoms with Gasteiger partial charge in [0.1, 0.15) is 12.4 Å². The molecular weight excluding hydrogens is 330 g/mol. The Labute approximate surface area is 154 Å². The zero-order chi connectivity index (χ0) is 19.4. The quantitative estimate of drug-likeness (QED) is 0.755. The largest absolute Gasteiger partial charge is 0.486 e. The van der Waals surface area contributed by atoms with Gasteiger partial charge in [-0.15, -0.1) is 0 Å². The summed E-state index contributed by atoms with van der Waals surface area (Å²) in [6.45, 7) is 3.68. The van der Waals surface area contributed by atoms with Crippen molar-refractivity contribution in [3.05, 3.63) is 65.7 Å². The lowest BCUT2D eigenvalue weighted by Crippen LogP contribution is -2.19. The Hall–Kier alpha value is -2.66. The molecule has 0 fully saturated rings. The van der Waals surface area contributed by atoms with E-state index < -0.39 is 5.97 Å². The van der Waals surface area contributed by atoms with Crippen LogP contribution in [0.4, 0.5) is 0 Å². The van der Waals surface area contributed by atoms with Crippen LogP contribution in [0.3, 0.4) is 0 Å². The Balaban J connectivity index is 0.000000765. The lowest BCUT2D eigenvalue weighted by Gasteiger charge is -2.12. The van der Waals surface area contributed by atoms with Crippen molar-refractivity contribution in [3.63, 3.8) is 0 Å². The summed E-state index contributed by atoms with van der Waals surface area (Å²) in [6.07, 6.45) is 1.76. The van der Waals surface area contributed by atoms with Crippen LogP contribution in [0.25, 0.3) is 0 Å². The van der Waals surface area contributed by atoms with Gasteiger partial charge in [0.25, 0.3) is 5.97 Å². The summed E-state index contributed by atoms with van der Waals surface area (Å²) in [5.74, 6) is 0.0168. The van der Waals surface area contributed by atoms with Gasteiger partial charge in [-0.1, -0.05) is 49.4 Å². The number of carbonyl (C=O) groups excluding carboxylic acids is 1. The molecule has 0 saturated heterocycles. The van der Waals surface area contributed by atoms with Gasteiger partial charge in [-0.3, -0.25) is 9.59 Å². The van der Waals surface area contributed by atoms with Crippen LogP contribution in [0, 0.1) is 5.92 Å². The van der Waals surface area contributed by atoms with Crippen LogP contribution in [-0.2, 0) is 22.6 Å². The van der Waals surface area contributed by atoms with Gasteiger partial charge in [0, 0.05) is 19.4 Å². The Bertz CT molecular complexity index is 664. The minimum atomic E-state index is -0.833. The van der Waals surface area contributed by atoms with Gasteiger partial charge in [0.15, 0.2) is 5.78 Å². The Kier molecular flexibility index (Phi) is 9.72. The van der Waals surface area contributed by atoms with Crippen molar-refractivity contribution in [2.24, 2.45) is 11.7 Å². The zero-order valence-electron chi connectivity index (χ0n) is 15.4. The smallest absolute Gasteiger partial charge is 0.300 e. The van der Waals surface area contributed by atoms with Gasteiger partial charge < -0.3 is 15.6 Å². The molecule has 0 aliphatic heterocycles. The molecule has 0 aliphatic rings. The molecule has 0 heterocycles. The number of benzene rings is 2. The zero-order valence-corrected chi connectivity index (χ0v) is 15.4. The van der Waals surface area contributed by atoms with Crippen molar-refractivity contribution in [2.75, 3.05) is 6.61 Å². The molecule has 5 nitrogen and oxygen atoms in total. The summed E-state index contributed by atoms with van der Waals surface area (Å²) in [6, 6.07) is 17.8. The second-order valence-corrected chi connectivity index (χ2v) is 6.05. The maximum absolute atomic E-state index is 12.1. The van der Waals surface area contributed by atoms with E-state index >= 15 is 0 Å². The number of Topliss-reactive ketones (excluding diaryl/α,β-unsaturated/α-hetero) is 1. The first kappa shape index (κ1) is 21.4. The van der Waals surface area contributed by atoms with E-state index in [1.54, 1.807) is 0 Å². The maximum Gasteiger partial charge on any atom is 0.300 e. The molecule has 3 N–H and O–H groups in total. The van der Waals surface area contributed by atoms with Gasteiger partial charge >= 0.3 is 0 Å². The molecular formula is C21H27NO4. The van der Waals surface area contributed by atoms with E-state index in [9.17, 15) is 4.79 Å². The normalized spacial score (nSPS) is 11.0. The summed E-state index contributed by atoms with van der Waals surface area (Å²) in [5.41, 5.74) is 7.86. The third kappa shape index (κ3) is 8.99. The van der Waals surface area contributed by atoms with E-state index in [0.29, 0.717) is 12.3 Å². The summed E-state index contributed by atoms with van der Waals surface area (Å²) >= 11 is 0. The van der Waals surface area contributed by atoms with Gasteiger partial charge in [-0.25, -0.2) is 0 Å². The van der Waals surface area contributed by atoms with Crippen molar-refractivity contribution in [1.29, 1.82) is 0 Å². The predicted molar refractivity (Wildman–Crippen MR) is 102 cm³/mol. The third-order valence-corrected chi connectivity index (χ3v) is 3.80. The van der Waals surface area contributed by atoms with Crippen LogP contribution in [-0.4, -0.2) is 23.5 Å². The molecule has 0 aromatic heterocycles. The summed E-state index contributed by atoms with van der Waals surface area (Å²) < 4.78 is 5.55. The van der Waals surface area contributed by atoms with Crippen LogP contribution in [0.5, 0.6) is 5.75 Å². The number of carbonyl (C=O) groups is 2. The van der Waals surface area contributed by atoms with Crippen LogP contribution in [0.2, 0.25) is 0 Å². The molecule has 0 bridgehead atoms. The monoisotopic (exact) mass is 357 g/mol. The molecule has 0 saturated carbocycles. The highest BCUT2D eigenvalue weighted by molar-refractivity contribution is 5.82. The topological polar surface area (TPSA) is 89.6 Å². The lowest BCUT2D eigenvalue weighted by atomic mass is 9.98. The number of rotatable bonds is 8. The molecule has 2 rings (SSSR count). The summed E-state index contributed by atoms with van der Waals surface area (Å²) in [7, 11) is 0. The number of carboxylic acid groups (broad SMARTS) is 1. The molecule has 0 aliphatic carbocycles. The van der Waals surface area contributed by atoms with Crippen LogP contribution >= 0.6 is 0 Å². The SMILES string of the molecule is CC(=O)O.C[C@H](CCc1ccccc1)C(=O)COc1ccc(CN)cc1. The number of carboxylic acids is 1. The molecule has 0 unspecified atom stereocenters. The number of nitrogens with two attached hydrogens (primary N) is 1. The third-order valence-electron chi connectivity index (χ3n) is 3.80. The minimum Gasteiger partial charge on any atom is -0.486 e. The summed E-state index contributed by atoms with van der Waals surface area (Å²) in [5, 5.41) is 7.42. The van der Waals surface area contributed by atoms with Crippen molar-refractivity contribution in [2.45, 2.75) is 33.2 Å². The number of ether oxygens (including phenoxy) is 1. The second kappa shape index (κ2) is 11.8. The minimum absolute atomic E-state index is 0.00326. The van der Waals surface area contributed by atoms with Crippen molar-refractivity contribution in [1.82, 2.24) is 0 Å². The fraction of sp³-hybridized carbons (Fsp3) is 0.333. The second-order valence-electron chi connectivity index (χ2n) is 6.05. The standard InChI is InChI=1S/C19H23NO2.C2H4O2/c1-15(7-8-16-5-3-2-4-6-16)19(21)14-22-18-11-9-17(13-20)10-12-18;1-2(3)4/h2-6,9-12,15H,7-8,13-14,20H2,1H3;1H3,(H,3,4)/t15-;/m1./s1. The molecule has 2 aromatic carbocycles. The van der Waals surface area contributed by atoms with E-state index in [2.05, 4.69) is 12.1 Å². The number of aliphatic carboxylic acids is 1. The molecule has 2 aromatic rings. The van der Waals surface area contributed by atoms with Crippen molar-refractivity contribution >= 4 is 11.8 Å². The number of hydrogen-bond donors (Lipinski definition) is 2. The Morgan fingerprint density at radius 1 is 1.04 bits per heavy atom. The first-order chi connectivity index (χ1) is 12.4. The predicted octanol–water partition coefficient (Wildman–Crippen LogP) is 3.45. The highest BCUT2D eigenvalue weighted by atomic mass is 16.5. The van der Waals surface area contributed by atoms with Crippen molar-refractivity contribution < 1.29 is 19.4 Å². The Morgan fingerprint density at radius 2 is 1.62 bits per heavy atom. The number of hydrogen-bond acceptors (Lipinski definition) is 4. The summed E-state index contributed by atoms with van der Waals surface area (Å²) in [4.78, 5) is 21.1. The van der Waals surface area contributed by atoms with E-state index in [0.717, 1.165) is 25.3 Å². The molecule has 1 atom stereocenters. The fourth-order valence-electron chi connectivity index (χ4n) is 2.21. The molecule has 0 amide bonds. The fourth-order valence-corrected chi connectivity index (χ4v) is 2.21. The number of aryl methyl sites for hydroxylation is 1. The average molecular weight is 357 g/mol. The van der Waals surface area contributed by atoms with E-state index in [1.165, 1.54) is 5.56 Å². The van der Waals surface area contributed by atoms with Gasteiger partial charge in [-0.05, 0) is 36.1 Å². The van der Waals surface area contributed by atoms with Crippen LogP contribution < -0.4 is 10.5 Å². The first-order valence-corrected chi connectivity index (χ1v) is 8.60. The highest BCUT2D eigenvalue weighted by Crippen LogP contribution is 2.14. The van der Waals surface area contributed by atoms with E-state index in [1.807, 2.05) is 49.4 Å². The first-order valence-electron chi connectivity index (χ1n) is 8.60. The molecule has 140 valence electrons. The van der Waals surface area contributed by atoms with Crippen LogP contribution in [0.15, 0.2) is 54.6 Å². The average Bonchev–Trinajstić information content (AvgIpc) is 2.65. The van der Waals surface area contributed by atoms with Crippen molar-refractivity contribution in [3.8, 4) is 5.75 Å². The molecule has 0 spiro atoms. The molecule has 5 heteroatoms. The molecule has 26 heavy (non-hydrogen) atoms. The maximum atomic E-state index is 12.1. The number of ketones is 1. The van der Waals surface area contributed by atoms with E-state index in [-0.39, 0.29) is 18.3 Å². The van der Waals surface area contributed by atoms with Gasteiger partial charge in [-0.2, -0.15) is 0 Å². The highest BCUT2D eigenvalue weighted by Gasteiger charge is 2.13. The van der Waals surface area contributed by atoms with Gasteiger partial charge in [0.2, 0.25) is 0 Å². The molecule has 0 radical (unpaired) electrons. The van der Waals surface area contributed by atoms with E-state index in [4.69, 9.17) is 20.4 Å².